The molecule has 20 heavy (non-hydrogen) atoms. The Morgan fingerprint density at radius 2 is 2.15 bits per heavy atom. The summed E-state index contributed by atoms with van der Waals surface area (Å²) >= 11 is 3.47. The fourth-order valence-electron chi connectivity index (χ4n) is 2.53. The van der Waals surface area contributed by atoms with Crippen molar-refractivity contribution >= 4 is 21.7 Å². The first-order valence-corrected chi connectivity index (χ1v) is 7.60. The topological polar surface area (TPSA) is 55.0 Å². The van der Waals surface area contributed by atoms with Gasteiger partial charge in [-0.25, -0.2) is 0 Å². The molecular weight excluding hydrogens is 316 g/mol. The van der Waals surface area contributed by atoms with Crippen LogP contribution < -0.4 is 10.6 Å². The highest BCUT2D eigenvalue weighted by Crippen LogP contribution is 2.24. The summed E-state index contributed by atoms with van der Waals surface area (Å²) in [7, 11) is 0. The molecule has 2 heterocycles. The van der Waals surface area contributed by atoms with Gasteiger partial charge in [0.05, 0.1) is 5.69 Å². The molecule has 1 aromatic carbocycles. The van der Waals surface area contributed by atoms with E-state index in [9.17, 15) is 0 Å². The zero-order chi connectivity index (χ0) is 13.9. The third-order valence-electron chi connectivity index (χ3n) is 3.71. The molecular formula is C15H17BrN4. The van der Waals surface area contributed by atoms with Crippen molar-refractivity contribution in [3.8, 4) is 11.3 Å². The standard InChI is InChI=1S/C15H17BrN4/c16-13-3-1-2-12(8-13)14-4-5-15(19-18-14)20-7-6-11(9-17)10-20/h1-5,8,11H,6-7,9-10,17H2. The Kier molecular flexibility index (Phi) is 3.98. The number of hydrogen-bond acceptors (Lipinski definition) is 4. The first kappa shape index (κ1) is 13.5. The Morgan fingerprint density at radius 3 is 2.80 bits per heavy atom. The Hall–Kier alpha value is -1.46. The summed E-state index contributed by atoms with van der Waals surface area (Å²) in [5.41, 5.74) is 7.68. The minimum atomic E-state index is 0.585. The lowest BCUT2D eigenvalue weighted by Crippen LogP contribution is -2.23. The Bertz CT molecular complexity index is 585. The Labute approximate surface area is 127 Å². The van der Waals surface area contributed by atoms with Crippen molar-refractivity contribution in [1.82, 2.24) is 10.2 Å². The van der Waals surface area contributed by atoms with Crippen LogP contribution in [0.4, 0.5) is 5.82 Å². The van der Waals surface area contributed by atoms with E-state index < -0.39 is 0 Å². The first-order chi connectivity index (χ1) is 9.76. The van der Waals surface area contributed by atoms with Crippen LogP contribution in [0.5, 0.6) is 0 Å². The molecule has 0 radical (unpaired) electrons. The molecule has 1 saturated heterocycles. The summed E-state index contributed by atoms with van der Waals surface area (Å²) in [4.78, 5) is 2.26. The molecule has 5 heteroatoms. The number of halogens is 1. The molecule has 0 amide bonds. The van der Waals surface area contributed by atoms with Gasteiger partial charge in [-0.1, -0.05) is 28.1 Å². The molecule has 1 aromatic heterocycles. The van der Waals surface area contributed by atoms with Gasteiger partial charge in [0, 0.05) is 23.1 Å². The Balaban J connectivity index is 1.78. The molecule has 2 N–H and O–H groups in total. The lowest BCUT2D eigenvalue weighted by molar-refractivity contribution is 0.602. The van der Waals surface area contributed by atoms with Crippen LogP contribution in [0.1, 0.15) is 6.42 Å². The smallest absolute Gasteiger partial charge is 0.151 e. The van der Waals surface area contributed by atoms with Crippen LogP contribution in [0, 0.1) is 5.92 Å². The van der Waals surface area contributed by atoms with Crippen molar-refractivity contribution in [2.75, 3.05) is 24.5 Å². The maximum absolute atomic E-state index is 5.72. The van der Waals surface area contributed by atoms with E-state index in [0.29, 0.717) is 5.92 Å². The maximum Gasteiger partial charge on any atom is 0.151 e. The molecule has 0 aliphatic carbocycles. The Morgan fingerprint density at radius 1 is 1.25 bits per heavy atom. The number of nitrogens with zero attached hydrogens (tertiary/aromatic N) is 3. The highest BCUT2D eigenvalue weighted by molar-refractivity contribution is 9.10. The van der Waals surface area contributed by atoms with Crippen molar-refractivity contribution in [2.45, 2.75) is 6.42 Å². The number of nitrogens with two attached hydrogens (primary N) is 1. The second-order valence-electron chi connectivity index (χ2n) is 5.12. The second kappa shape index (κ2) is 5.89. The molecule has 0 spiro atoms. The van der Waals surface area contributed by atoms with E-state index in [1.54, 1.807) is 0 Å². The lowest BCUT2D eigenvalue weighted by Gasteiger charge is -2.16. The monoisotopic (exact) mass is 332 g/mol. The zero-order valence-electron chi connectivity index (χ0n) is 11.2. The number of anilines is 1. The fraction of sp³-hybridized carbons (Fsp3) is 0.333. The minimum Gasteiger partial charge on any atom is -0.355 e. The first-order valence-electron chi connectivity index (χ1n) is 6.81. The average Bonchev–Trinajstić information content (AvgIpc) is 2.96. The van der Waals surface area contributed by atoms with E-state index in [-0.39, 0.29) is 0 Å². The van der Waals surface area contributed by atoms with E-state index in [1.807, 2.05) is 36.4 Å². The quantitative estimate of drug-likeness (QED) is 0.938. The summed E-state index contributed by atoms with van der Waals surface area (Å²) in [6.45, 7) is 2.76. The van der Waals surface area contributed by atoms with Gasteiger partial charge in [0.1, 0.15) is 0 Å². The van der Waals surface area contributed by atoms with Gasteiger partial charge in [0.15, 0.2) is 5.82 Å². The molecule has 4 nitrogen and oxygen atoms in total. The van der Waals surface area contributed by atoms with E-state index in [0.717, 1.165) is 47.6 Å². The van der Waals surface area contributed by atoms with Gasteiger partial charge < -0.3 is 10.6 Å². The molecule has 1 aliphatic heterocycles. The van der Waals surface area contributed by atoms with E-state index in [1.165, 1.54) is 0 Å². The summed E-state index contributed by atoms with van der Waals surface area (Å²) in [6.07, 6.45) is 1.14. The van der Waals surface area contributed by atoms with Gasteiger partial charge in [0.25, 0.3) is 0 Å². The SMILES string of the molecule is NCC1CCN(c2ccc(-c3cccc(Br)c3)nn2)C1. The number of hydrogen-bond donors (Lipinski definition) is 1. The van der Waals surface area contributed by atoms with E-state index >= 15 is 0 Å². The second-order valence-corrected chi connectivity index (χ2v) is 6.04. The molecule has 1 fully saturated rings. The van der Waals surface area contributed by atoms with Gasteiger partial charge >= 0.3 is 0 Å². The summed E-state index contributed by atoms with van der Waals surface area (Å²) < 4.78 is 1.05. The highest BCUT2D eigenvalue weighted by atomic mass is 79.9. The van der Waals surface area contributed by atoms with Crippen molar-refractivity contribution < 1.29 is 0 Å². The number of benzene rings is 1. The van der Waals surface area contributed by atoms with E-state index in [4.69, 9.17) is 5.73 Å². The summed E-state index contributed by atoms with van der Waals surface area (Å²) in [6, 6.07) is 12.2. The third-order valence-corrected chi connectivity index (χ3v) is 4.21. The normalized spacial score (nSPS) is 18.5. The summed E-state index contributed by atoms with van der Waals surface area (Å²) in [5, 5.41) is 8.70. The molecule has 1 aliphatic rings. The fourth-order valence-corrected chi connectivity index (χ4v) is 2.93. The van der Waals surface area contributed by atoms with Crippen LogP contribution in [0.15, 0.2) is 40.9 Å². The van der Waals surface area contributed by atoms with Crippen LogP contribution >= 0.6 is 15.9 Å². The molecule has 2 aromatic rings. The van der Waals surface area contributed by atoms with Gasteiger partial charge in [-0.05, 0) is 43.1 Å². The number of rotatable bonds is 3. The van der Waals surface area contributed by atoms with Gasteiger partial charge in [-0.3, -0.25) is 0 Å². The molecule has 104 valence electrons. The summed E-state index contributed by atoms with van der Waals surface area (Å²) in [5.74, 6) is 1.53. The van der Waals surface area contributed by atoms with Gasteiger partial charge in [0.2, 0.25) is 0 Å². The molecule has 0 bridgehead atoms. The van der Waals surface area contributed by atoms with Crippen LogP contribution in [0.2, 0.25) is 0 Å². The van der Waals surface area contributed by atoms with Crippen molar-refractivity contribution in [3.63, 3.8) is 0 Å². The van der Waals surface area contributed by atoms with Gasteiger partial charge in [-0.2, -0.15) is 0 Å². The minimum absolute atomic E-state index is 0.585. The maximum atomic E-state index is 5.72. The predicted molar refractivity (Wildman–Crippen MR) is 84.5 cm³/mol. The third kappa shape index (κ3) is 2.83. The largest absolute Gasteiger partial charge is 0.355 e. The lowest BCUT2D eigenvalue weighted by atomic mass is 10.1. The predicted octanol–water partition coefficient (Wildman–Crippen LogP) is 2.69. The molecule has 1 unspecified atom stereocenters. The van der Waals surface area contributed by atoms with Crippen LogP contribution in [0.3, 0.4) is 0 Å². The van der Waals surface area contributed by atoms with Crippen molar-refractivity contribution in [3.05, 3.63) is 40.9 Å². The average molecular weight is 333 g/mol. The molecule has 1 atom stereocenters. The van der Waals surface area contributed by atoms with Crippen LogP contribution in [-0.2, 0) is 0 Å². The van der Waals surface area contributed by atoms with Crippen LogP contribution in [0.25, 0.3) is 11.3 Å². The highest BCUT2D eigenvalue weighted by Gasteiger charge is 2.22. The van der Waals surface area contributed by atoms with E-state index in [2.05, 4.69) is 31.0 Å². The van der Waals surface area contributed by atoms with Crippen molar-refractivity contribution in [2.24, 2.45) is 11.7 Å². The molecule has 0 saturated carbocycles. The van der Waals surface area contributed by atoms with Crippen molar-refractivity contribution in [1.29, 1.82) is 0 Å². The number of aromatic nitrogens is 2. The molecule has 3 rings (SSSR count). The van der Waals surface area contributed by atoms with Gasteiger partial charge in [-0.15, -0.1) is 10.2 Å². The van der Waals surface area contributed by atoms with Crippen LogP contribution in [-0.4, -0.2) is 29.8 Å². The zero-order valence-corrected chi connectivity index (χ0v) is 12.8.